The second-order valence-corrected chi connectivity index (χ2v) is 8.33. The van der Waals surface area contributed by atoms with Crippen LogP contribution in [0.2, 0.25) is 0 Å². The van der Waals surface area contributed by atoms with E-state index >= 15 is 0 Å². The number of amides is 1. The topological polar surface area (TPSA) is 81.3 Å². The van der Waals surface area contributed by atoms with Crippen LogP contribution in [-0.2, 0) is 17.8 Å². The fourth-order valence-corrected chi connectivity index (χ4v) is 3.62. The molecule has 164 valence electrons. The lowest BCUT2D eigenvalue weighted by Crippen LogP contribution is -2.33. The smallest absolute Gasteiger partial charge is 0.279 e. The van der Waals surface area contributed by atoms with Gasteiger partial charge in [-0.25, -0.2) is 0 Å². The van der Waals surface area contributed by atoms with Crippen molar-refractivity contribution in [3.05, 3.63) is 87.8 Å². The lowest BCUT2D eigenvalue weighted by atomic mass is 10.1. The van der Waals surface area contributed by atoms with E-state index in [4.69, 9.17) is 4.98 Å². The Kier molecular flexibility index (Phi) is 6.16. The van der Waals surface area contributed by atoms with E-state index < -0.39 is 0 Å². The second-order valence-electron chi connectivity index (χ2n) is 8.33. The largest absolute Gasteiger partial charge is 0.356 e. The summed E-state index contributed by atoms with van der Waals surface area (Å²) in [4.78, 5) is 30.6. The number of benzene rings is 2. The molecule has 0 aliphatic rings. The normalized spacial score (nSPS) is 11.2. The highest BCUT2D eigenvalue weighted by Gasteiger charge is 2.20. The zero-order chi connectivity index (χ0) is 22.7. The van der Waals surface area contributed by atoms with E-state index in [9.17, 15) is 9.59 Å². The molecule has 4 rings (SSSR count). The Morgan fingerprint density at radius 2 is 1.69 bits per heavy atom. The van der Waals surface area contributed by atoms with Crippen LogP contribution < -0.4 is 10.9 Å². The number of hydrogen-bond donors (Lipinski definition) is 1. The number of nitrogens with one attached hydrogen (secondary N) is 1. The maximum absolute atomic E-state index is 13.3. The summed E-state index contributed by atoms with van der Waals surface area (Å²) in [5, 5.41) is 7.41. The molecule has 7 nitrogen and oxygen atoms in total. The minimum atomic E-state index is -0.309. The van der Waals surface area contributed by atoms with Crippen LogP contribution >= 0.6 is 0 Å². The summed E-state index contributed by atoms with van der Waals surface area (Å²) in [6.45, 7) is 7.02. The Hall–Kier alpha value is -3.74. The van der Waals surface area contributed by atoms with E-state index in [2.05, 4.69) is 10.4 Å². The van der Waals surface area contributed by atoms with Gasteiger partial charge in [0.05, 0.1) is 13.0 Å². The zero-order valence-corrected chi connectivity index (χ0v) is 18.6. The van der Waals surface area contributed by atoms with Gasteiger partial charge in [-0.15, -0.1) is 5.10 Å². The van der Waals surface area contributed by atoms with Gasteiger partial charge in [-0.2, -0.15) is 9.50 Å². The molecule has 0 aliphatic carbocycles. The van der Waals surface area contributed by atoms with Crippen LogP contribution in [0.5, 0.6) is 0 Å². The summed E-state index contributed by atoms with van der Waals surface area (Å²) >= 11 is 0. The Balaban J connectivity index is 1.84. The molecule has 0 saturated carbocycles. The van der Waals surface area contributed by atoms with E-state index in [-0.39, 0.29) is 17.9 Å². The molecule has 0 bridgehead atoms. The molecular formula is C25H27N5O2. The Morgan fingerprint density at radius 3 is 2.34 bits per heavy atom. The van der Waals surface area contributed by atoms with Crippen LogP contribution in [0.25, 0.3) is 17.2 Å². The van der Waals surface area contributed by atoms with Crippen LogP contribution in [0.4, 0.5) is 0 Å². The van der Waals surface area contributed by atoms with E-state index in [1.165, 1.54) is 4.52 Å². The monoisotopic (exact) mass is 429 g/mol. The minimum absolute atomic E-state index is 0.00263. The SMILES string of the molecule is Cc1c(CC(=O)NCC(C)C)c(=O)n2nc(-c3ccccc3)nc2n1Cc1ccccc1. The molecule has 1 N–H and O–H groups in total. The van der Waals surface area contributed by atoms with Crippen molar-refractivity contribution in [3.8, 4) is 11.4 Å². The molecule has 0 aliphatic heterocycles. The standard InChI is InChI=1S/C25H27N5O2/c1-17(2)15-26-22(31)14-21-18(3)29(16-19-10-6-4-7-11-19)25-27-23(28-30(25)24(21)32)20-12-8-5-9-13-20/h4-13,17H,14-16H2,1-3H3,(H,26,31). The molecule has 1 amide bonds. The van der Waals surface area contributed by atoms with Crippen molar-refractivity contribution in [1.82, 2.24) is 24.5 Å². The number of hydrogen-bond acceptors (Lipinski definition) is 4. The Morgan fingerprint density at radius 1 is 1.03 bits per heavy atom. The van der Waals surface area contributed by atoms with Gasteiger partial charge >= 0.3 is 0 Å². The quantitative estimate of drug-likeness (QED) is 0.489. The third-order valence-electron chi connectivity index (χ3n) is 5.38. The first-order chi connectivity index (χ1) is 15.4. The highest BCUT2D eigenvalue weighted by Crippen LogP contribution is 2.18. The van der Waals surface area contributed by atoms with E-state index in [1.807, 2.05) is 86.0 Å². The van der Waals surface area contributed by atoms with E-state index in [0.29, 0.717) is 36.2 Å². The Bertz CT molecular complexity index is 1290. The number of carbonyl (C=O) groups excluding carboxylic acids is 1. The zero-order valence-electron chi connectivity index (χ0n) is 18.6. The molecule has 0 fully saturated rings. The van der Waals surface area contributed by atoms with Gasteiger partial charge in [0.1, 0.15) is 0 Å². The van der Waals surface area contributed by atoms with E-state index in [0.717, 1.165) is 16.8 Å². The van der Waals surface area contributed by atoms with Crippen molar-refractivity contribution < 1.29 is 4.79 Å². The molecule has 7 heteroatoms. The summed E-state index contributed by atoms with van der Waals surface area (Å²) in [5.41, 5.74) is 2.74. The molecule has 0 unspecified atom stereocenters. The maximum atomic E-state index is 13.3. The number of nitrogens with zero attached hydrogens (tertiary/aromatic N) is 4. The average Bonchev–Trinajstić information content (AvgIpc) is 3.25. The Labute approximate surface area is 186 Å². The summed E-state index contributed by atoms with van der Waals surface area (Å²) in [7, 11) is 0. The first kappa shape index (κ1) is 21.5. The van der Waals surface area contributed by atoms with Gasteiger partial charge in [0.2, 0.25) is 11.7 Å². The fraction of sp³-hybridized carbons (Fsp3) is 0.280. The second kappa shape index (κ2) is 9.18. The molecule has 2 aromatic heterocycles. The van der Waals surface area contributed by atoms with Gasteiger partial charge in [-0.3, -0.25) is 9.59 Å². The van der Waals surface area contributed by atoms with Gasteiger partial charge in [0.15, 0.2) is 5.82 Å². The summed E-state index contributed by atoms with van der Waals surface area (Å²) in [6, 6.07) is 19.5. The third kappa shape index (κ3) is 4.46. The van der Waals surface area contributed by atoms with Gasteiger partial charge in [0.25, 0.3) is 5.56 Å². The average molecular weight is 430 g/mol. The first-order valence-corrected chi connectivity index (χ1v) is 10.8. The molecule has 0 radical (unpaired) electrons. The number of carbonyl (C=O) groups is 1. The predicted octanol–water partition coefficient (Wildman–Crippen LogP) is 3.23. The van der Waals surface area contributed by atoms with Crippen LogP contribution in [0.3, 0.4) is 0 Å². The molecule has 0 spiro atoms. The van der Waals surface area contributed by atoms with Gasteiger partial charge in [0, 0.05) is 23.4 Å². The summed E-state index contributed by atoms with van der Waals surface area (Å²) in [6.07, 6.45) is 0.00263. The highest BCUT2D eigenvalue weighted by atomic mass is 16.2. The van der Waals surface area contributed by atoms with Crippen molar-refractivity contribution in [2.45, 2.75) is 33.7 Å². The fourth-order valence-electron chi connectivity index (χ4n) is 3.62. The highest BCUT2D eigenvalue weighted by molar-refractivity contribution is 5.78. The van der Waals surface area contributed by atoms with Crippen molar-refractivity contribution in [1.29, 1.82) is 0 Å². The first-order valence-electron chi connectivity index (χ1n) is 10.8. The number of fused-ring (bicyclic) bond motifs is 1. The molecule has 0 saturated heterocycles. The van der Waals surface area contributed by atoms with E-state index in [1.54, 1.807) is 0 Å². The molecular weight excluding hydrogens is 402 g/mol. The minimum Gasteiger partial charge on any atom is -0.356 e. The van der Waals surface area contributed by atoms with Crippen molar-refractivity contribution in [2.75, 3.05) is 6.54 Å². The lowest BCUT2D eigenvalue weighted by molar-refractivity contribution is -0.120. The summed E-state index contributed by atoms with van der Waals surface area (Å²) < 4.78 is 3.28. The molecule has 2 aromatic carbocycles. The van der Waals surface area contributed by atoms with Crippen LogP contribution in [0, 0.1) is 12.8 Å². The molecule has 32 heavy (non-hydrogen) atoms. The molecule has 0 atom stereocenters. The number of rotatable bonds is 7. The van der Waals surface area contributed by atoms with Crippen molar-refractivity contribution in [3.63, 3.8) is 0 Å². The van der Waals surface area contributed by atoms with Gasteiger partial charge < -0.3 is 9.88 Å². The van der Waals surface area contributed by atoms with Crippen LogP contribution in [0.1, 0.15) is 30.7 Å². The molecule has 4 aromatic rings. The molecule has 2 heterocycles. The van der Waals surface area contributed by atoms with Crippen molar-refractivity contribution >= 4 is 11.7 Å². The predicted molar refractivity (Wildman–Crippen MR) is 125 cm³/mol. The van der Waals surface area contributed by atoms with Gasteiger partial charge in [-0.1, -0.05) is 74.5 Å². The maximum Gasteiger partial charge on any atom is 0.279 e. The van der Waals surface area contributed by atoms with Gasteiger partial charge in [-0.05, 0) is 18.4 Å². The van der Waals surface area contributed by atoms with Crippen LogP contribution in [0.15, 0.2) is 65.5 Å². The van der Waals surface area contributed by atoms with Crippen LogP contribution in [-0.4, -0.2) is 31.6 Å². The third-order valence-corrected chi connectivity index (χ3v) is 5.38. The summed E-state index contributed by atoms with van der Waals surface area (Å²) in [5.74, 6) is 1.10. The number of aromatic nitrogens is 4. The lowest BCUT2D eigenvalue weighted by Gasteiger charge is -2.16. The van der Waals surface area contributed by atoms with Crippen molar-refractivity contribution in [2.24, 2.45) is 5.92 Å².